The van der Waals surface area contributed by atoms with Crippen LogP contribution in [0.25, 0.3) is 56.2 Å². The van der Waals surface area contributed by atoms with E-state index in [1.807, 2.05) is 42.7 Å². The lowest BCUT2D eigenvalue weighted by molar-refractivity contribution is 0.660. The molecule has 2 aromatic heterocycles. The van der Waals surface area contributed by atoms with Gasteiger partial charge in [-0.15, -0.1) is 0 Å². The van der Waals surface area contributed by atoms with E-state index in [1.54, 1.807) is 0 Å². The summed E-state index contributed by atoms with van der Waals surface area (Å²) in [4.78, 5) is 14.2. The van der Waals surface area contributed by atoms with E-state index in [-0.39, 0.29) is 5.41 Å². The largest absolute Gasteiger partial charge is 0.265 e. The molecule has 0 aliphatic heterocycles. The Kier molecular flexibility index (Phi) is 5.45. The number of pyridine rings is 1. The van der Waals surface area contributed by atoms with Gasteiger partial charge < -0.3 is 0 Å². The van der Waals surface area contributed by atoms with E-state index in [0.29, 0.717) is 0 Å². The van der Waals surface area contributed by atoms with Crippen molar-refractivity contribution in [1.29, 1.82) is 0 Å². The minimum Gasteiger partial charge on any atom is -0.265 e. The Bertz CT molecular complexity index is 1810. The molecule has 3 heteroatoms. The number of hydrogen-bond acceptors (Lipinski definition) is 3. The molecule has 6 aromatic rings. The Balaban J connectivity index is 1.36. The Hall–Kier alpha value is -4.89. The van der Waals surface area contributed by atoms with Crippen molar-refractivity contribution < 1.29 is 0 Å². The van der Waals surface area contributed by atoms with Crippen molar-refractivity contribution in [3.63, 3.8) is 0 Å². The molecular weight excluding hydrogens is 474 g/mol. The first-order chi connectivity index (χ1) is 19.1. The van der Waals surface area contributed by atoms with Crippen molar-refractivity contribution in [1.82, 2.24) is 15.0 Å². The summed E-state index contributed by atoms with van der Waals surface area (Å²) in [5.74, 6) is 0.725. The molecule has 0 saturated carbocycles. The fourth-order valence-electron chi connectivity index (χ4n) is 5.72. The molecule has 0 bridgehead atoms. The Labute approximate surface area is 228 Å². The summed E-state index contributed by atoms with van der Waals surface area (Å²) in [7, 11) is 0. The highest BCUT2D eigenvalue weighted by atomic mass is 14.9. The standard InChI is InChI=1S/C36H27N3/c1-36(2)31-11-7-6-10-29(31)30-22-28(16-17-32(30)36)34-23-33(38-35(39-34)27-8-4-3-5-9-27)26-14-12-24(13-15-26)25-18-20-37-21-19-25/h3-23H,1-2H3. The molecule has 2 heterocycles. The highest BCUT2D eigenvalue weighted by Crippen LogP contribution is 2.49. The lowest BCUT2D eigenvalue weighted by Gasteiger charge is -2.21. The number of hydrogen-bond donors (Lipinski definition) is 0. The molecule has 186 valence electrons. The first-order valence-corrected chi connectivity index (χ1v) is 13.3. The molecule has 0 saturated heterocycles. The zero-order valence-corrected chi connectivity index (χ0v) is 22.0. The van der Waals surface area contributed by atoms with Crippen LogP contribution in [-0.2, 0) is 5.41 Å². The van der Waals surface area contributed by atoms with Gasteiger partial charge in [0.05, 0.1) is 11.4 Å². The van der Waals surface area contributed by atoms with Gasteiger partial charge >= 0.3 is 0 Å². The van der Waals surface area contributed by atoms with Crippen LogP contribution in [0.5, 0.6) is 0 Å². The molecule has 0 radical (unpaired) electrons. The summed E-state index contributed by atoms with van der Waals surface area (Å²) in [6.45, 7) is 4.62. The van der Waals surface area contributed by atoms with E-state index in [4.69, 9.17) is 9.97 Å². The van der Waals surface area contributed by atoms with Gasteiger partial charge in [0.2, 0.25) is 0 Å². The third kappa shape index (κ3) is 4.04. The van der Waals surface area contributed by atoms with Crippen molar-refractivity contribution in [3.05, 3.63) is 139 Å². The maximum atomic E-state index is 5.06. The lowest BCUT2D eigenvalue weighted by Crippen LogP contribution is -2.14. The van der Waals surface area contributed by atoms with Crippen LogP contribution in [0.15, 0.2) is 128 Å². The van der Waals surface area contributed by atoms with Crippen molar-refractivity contribution in [2.45, 2.75) is 19.3 Å². The van der Waals surface area contributed by atoms with Gasteiger partial charge in [-0.05, 0) is 57.6 Å². The summed E-state index contributed by atoms with van der Waals surface area (Å²) < 4.78 is 0. The third-order valence-corrected chi connectivity index (χ3v) is 7.83. The fourth-order valence-corrected chi connectivity index (χ4v) is 5.72. The molecule has 1 aliphatic rings. The Morgan fingerprint density at radius 2 is 1.05 bits per heavy atom. The maximum Gasteiger partial charge on any atom is 0.160 e. The van der Waals surface area contributed by atoms with Crippen LogP contribution in [0.3, 0.4) is 0 Å². The summed E-state index contributed by atoms with van der Waals surface area (Å²) in [6, 6.07) is 40.5. The first-order valence-electron chi connectivity index (χ1n) is 13.3. The second kappa shape index (κ2) is 9.14. The van der Waals surface area contributed by atoms with Gasteiger partial charge in [-0.3, -0.25) is 4.98 Å². The zero-order valence-electron chi connectivity index (χ0n) is 22.0. The van der Waals surface area contributed by atoms with Crippen LogP contribution in [0.1, 0.15) is 25.0 Å². The monoisotopic (exact) mass is 501 g/mol. The quantitative estimate of drug-likeness (QED) is 0.242. The van der Waals surface area contributed by atoms with Gasteiger partial charge in [-0.25, -0.2) is 9.97 Å². The van der Waals surface area contributed by atoms with Gasteiger partial charge in [-0.2, -0.15) is 0 Å². The van der Waals surface area contributed by atoms with E-state index in [9.17, 15) is 0 Å². The summed E-state index contributed by atoms with van der Waals surface area (Å²) in [5, 5.41) is 0. The van der Waals surface area contributed by atoms with Crippen molar-refractivity contribution in [3.8, 4) is 56.2 Å². The highest BCUT2D eigenvalue weighted by molar-refractivity contribution is 5.84. The second-order valence-corrected chi connectivity index (χ2v) is 10.6. The average Bonchev–Trinajstić information content (AvgIpc) is 3.24. The third-order valence-electron chi connectivity index (χ3n) is 7.83. The summed E-state index contributed by atoms with van der Waals surface area (Å²) >= 11 is 0. The predicted molar refractivity (Wildman–Crippen MR) is 159 cm³/mol. The van der Waals surface area contributed by atoms with E-state index >= 15 is 0 Å². The summed E-state index contributed by atoms with van der Waals surface area (Å²) in [5.41, 5.74) is 12.6. The minimum atomic E-state index is -0.0208. The number of nitrogens with zero attached hydrogens (tertiary/aromatic N) is 3. The van der Waals surface area contributed by atoms with Crippen molar-refractivity contribution in [2.24, 2.45) is 0 Å². The van der Waals surface area contributed by atoms with Crippen molar-refractivity contribution >= 4 is 0 Å². The van der Waals surface area contributed by atoms with E-state index in [0.717, 1.165) is 45.0 Å². The molecule has 1 aliphatic carbocycles. The fraction of sp³-hybridized carbons (Fsp3) is 0.0833. The maximum absolute atomic E-state index is 5.06. The Morgan fingerprint density at radius 1 is 0.462 bits per heavy atom. The van der Waals surface area contributed by atoms with Gasteiger partial charge in [0, 0.05) is 34.5 Å². The van der Waals surface area contributed by atoms with Gasteiger partial charge in [0.15, 0.2) is 5.82 Å². The van der Waals surface area contributed by atoms with Gasteiger partial charge in [0.1, 0.15) is 0 Å². The van der Waals surface area contributed by atoms with Crippen LogP contribution in [0, 0.1) is 0 Å². The van der Waals surface area contributed by atoms with E-state index in [1.165, 1.54) is 22.3 Å². The molecule has 0 atom stereocenters. The van der Waals surface area contributed by atoms with Gasteiger partial charge in [-0.1, -0.05) is 105 Å². The van der Waals surface area contributed by atoms with E-state index < -0.39 is 0 Å². The predicted octanol–water partition coefficient (Wildman–Crippen LogP) is 8.85. The van der Waals surface area contributed by atoms with Crippen LogP contribution in [0.2, 0.25) is 0 Å². The van der Waals surface area contributed by atoms with Crippen LogP contribution in [0.4, 0.5) is 0 Å². The lowest BCUT2D eigenvalue weighted by atomic mass is 9.82. The molecule has 7 rings (SSSR count). The number of fused-ring (bicyclic) bond motifs is 3. The molecule has 0 fully saturated rings. The average molecular weight is 502 g/mol. The first kappa shape index (κ1) is 23.2. The molecular formula is C36H27N3. The van der Waals surface area contributed by atoms with Crippen LogP contribution < -0.4 is 0 Å². The van der Waals surface area contributed by atoms with Crippen LogP contribution in [-0.4, -0.2) is 15.0 Å². The molecule has 0 N–H and O–H groups in total. The summed E-state index contributed by atoms with van der Waals surface area (Å²) in [6.07, 6.45) is 3.64. The topological polar surface area (TPSA) is 38.7 Å². The molecule has 0 amide bonds. The Morgan fingerprint density at radius 3 is 1.82 bits per heavy atom. The van der Waals surface area contributed by atoms with Gasteiger partial charge in [0.25, 0.3) is 0 Å². The zero-order chi connectivity index (χ0) is 26.4. The number of benzene rings is 4. The molecule has 39 heavy (non-hydrogen) atoms. The van der Waals surface area contributed by atoms with Crippen LogP contribution >= 0.6 is 0 Å². The molecule has 0 spiro atoms. The minimum absolute atomic E-state index is 0.0208. The van der Waals surface area contributed by atoms with Crippen molar-refractivity contribution in [2.75, 3.05) is 0 Å². The molecule has 3 nitrogen and oxygen atoms in total. The molecule has 0 unspecified atom stereocenters. The highest BCUT2D eigenvalue weighted by Gasteiger charge is 2.35. The van der Waals surface area contributed by atoms with E-state index in [2.05, 4.69) is 104 Å². The molecule has 4 aromatic carbocycles. The smallest absolute Gasteiger partial charge is 0.160 e. The normalized spacial score (nSPS) is 13.1. The number of aromatic nitrogens is 3. The second-order valence-electron chi connectivity index (χ2n) is 10.6. The number of rotatable bonds is 4. The SMILES string of the molecule is CC1(C)c2ccccc2-c2cc(-c3cc(-c4ccc(-c5ccncc5)cc4)nc(-c4ccccc4)n3)ccc21.